The van der Waals surface area contributed by atoms with Gasteiger partial charge in [-0.25, -0.2) is 0 Å². The predicted octanol–water partition coefficient (Wildman–Crippen LogP) is 3.81. The van der Waals surface area contributed by atoms with Crippen LogP contribution in [0.3, 0.4) is 0 Å². The number of halogens is 2. The SMILES string of the molecule is COc1ccc(CNC(=O)COc2ccc(Cl)cc2Br)cc1OC. The number of carbonyl (C=O) groups excluding carboxylic acids is 1. The molecule has 2 aromatic rings. The van der Waals surface area contributed by atoms with Crippen molar-refractivity contribution in [3.05, 3.63) is 51.5 Å². The van der Waals surface area contributed by atoms with Crippen LogP contribution in [0, 0.1) is 0 Å². The molecule has 0 aliphatic heterocycles. The second kappa shape index (κ2) is 8.80. The number of ether oxygens (including phenoxy) is 3. The summed E-state index contributed by atoms with van der Waals surface area (Å²) < 4.78 is 16.6. The van der Waals surface area contributed by atoms with Crippen molar-refractivity contribution in [2.75, 3.05) is 20.8 Å². The van der Waals surface area contributed by atoms with Gasteiger partial charge in [0, 0.05) is 11.6 Å². The smallest absolute Gasteiger partial charge is 0.258 e. The Morgan fingerprint density at radius 3 is 2.46 bits per heavy atom. The van der Waals surface area contributed by atoms with Crippen molar-refractivity contribution in [3.8, 4) is 17.2 Å². The molecule has 0 spiro atoms. The number of hydrogen-bond donors (Lipinski definition) is 1. The monoisotopic (exact) mass is 413 g/mol. The lowest BCUT2D eigenvalue weighted by molar-refractivity contribution is -0.123. The van der Waals surface area contributed by atoms with Gasteiger partial charge in [-0.2, -0.15) is 0 Å². The van der Waals surface area contributed by atoms with Gasteiger partial charge >= 0.3 is 0 Å². The van der Waals surface area contributed by atoms with E-state index in [1.54, 1.807) is 38.5 Å². The molecule has 0 atom stereocenters. The van der Waals surface area contributed by atoms with Crippen molar-refractivity contribution < 1.29 is 19.0 Å². The van der Waals surface area contributed by atoms with Gasteiger partial charge in [-0.15, -0.1) is 0 Å². The summed E-state index contributed by atoms with van der Waals surface area (Å²) in [6.07, 6.45) is 0. The molecule has 0 saturated carbocycles. The van der Waals surface area contributed by atoms with Crippen molar-refractivity contribution in [2.45, 2.75) is 6.54 Å². The van der Waals surface area contributed by atoms with E-state index in [9.17, 15) is 4.79 Å². The molecule has 0 aliphatic rings. The summed E-state index contributed by atoms with van der Waals surface area (Å²) in [5.74, 6) is 1.58. The van der Waals surface area contributed by atoms with Crippen LogP contribution in [0.1, 0.15) is 5.56 Å². The van der Waals surface area contributed by atoms with Crippen LogP contribution >= 0.6 is 27.5 Å². The van der Waals surface area contributed by atoms with E-state index < -0.39 is 0 Å². The van der Waals surface area contributed by atoms with Crippen molar-refractivity contribution in [3.63, 3.8) is 0 Å². The zero-order valence-electron chi connectivity index (χ0n) is 13.3. The van der Waals surface area contributed by atoms with Gasteiger partial charge in [0.05, 0.1) is 18.7 Å². The Morgan fingerprint density at radius 2 is 1.79 bits per heavy atom. The first-order valence-corrected chi connectivity index (χ1v) is 8.26. The highest BCUT2D eigenvalue weighted by Gasteiger charge is 2.08. The van der Waals surface area contributed by atoms with Crippen LogP contribution in [0.2, 0.25) is 5.02 Å². The van der Waals surface area contributed by atoms with E-state index in [0.717, 1.165) is 5.56 Å². The molecule has 128 valence electrons. The van der Waals surface area contributed by atoms with Gasteiger partial charge in [0.1, 0.15) is 5.75 Å². The molecule has 5 nitrogen and oxygen atoms in total. The molecule has 0 radical (unpaired) electrons. The predicted molar refractivity (Wildman–Crippen MR) is 96.0 cm³/mol. The number of benzene rings is 2. The normalized spacial score (nSPS) is 10.2. The molecule has 2 aromatic carbocycles. The Hall–Kier alpha value is -1.92. The first kappa shape index (κ1) is 18.4. The van der Waals surface area contributed by atoms with Crippen molar-refractivity contribution in [2.24, 2.45) is 0 Å². The molecule has 7 heteroatoms. The molecule has 0 heterocycles. The van der Waals surface area contributed by atoms with Gasteiger partial charge in [-0.05, 0) is 51.8 Å². The van der Waals surface area contributed by atoms with Crippen LogP contribution in [-0.2, 0) is 11.3 Å². The van der Waals surface area contributed by atoms with E-state index in [1.165, 1.54) is 0 Å². The first-order valence-electron chi connectivity index (χ1n) is 7.09. The Bertz CT molecular complexity index is 724. The topological polar surface area (TPSA) is 56.8 Å². The van der Waals surface area contributed by atoms with Crippen molar-refractivity contribution in [1.82, 2.24) is 5.32 Å². The van der Waals surface area contributed by atoms with Crippen LogP contribution in [-0.4, -0.2) is 26.7 Å². The third-order valence-corrected chi connectivity index (χ3v) is 4.05. The zero-order valence-corrected chi connectivity index (χ0v) is 15.6. The fourth-order valence-electron chi connectivity index (χ4n) is 1.98. The first-order chi connectivity index (χ1) is 11.5. The standard InChI is InChI=1S/C17H17BrClNO4/c1-22-15-5-3-11(7-16(15)23-2)9-20-17(21)10-24-14-6-4-12(19)8-13(14)18/h3-8H,9-10H2,1-2H3,(H,20,21). The van der Waals surface area contributed by atoms with E-state index in [0.29, 0.717) is 33.3 Å². The third kappa shape index (κ3) is 5.04. The van der Waals surface area contributed by atoms with Crippen LogP contribution < -0.4 is 19.5 Å². The quantitative estimate of drug-likeness (QED) is 0.748. The molecule has 0 aliphatic carbocycles. The second-order valence-electron chi connectivity index (χ2n) is 4.83. The van der Waals surface area contributed by atoms with E-state index in [1.807, 2.05) is 12.1 Å². The van der Waals surface area contributed by atoms with Crippen LogP contribution in [0.4, 0.5) is 0 Å². The van der Waals surface area contributed by atoms with Crippen LogP contribution in [0.15, 0.2) is 40.9 Å². The van der Waals surface area contributed by atoms with Gasteiger partial charge in [-0.3, -0.25) is 4.79 Å². The van der Waals surface area contributed by atoms with E-state index in [2.05, 4.69) is 21.2 Å². The van der Waals surface area contributed by atoms with Gasteiger partial charge in [0.15, 0.2) is 18.1 Å². The molecule has 1 amide bonds. The maximum absolute atomic E-state index is 11.9. The minimum Gasteiger partial charge on any atom is -0.493 e. The third-order valence-electron chi connectivity index (χ3n) is 3.19. The lowest BCUT2D eigenvalue weighted by atomic mass is 10.2. The summed E-state index contributed by atoms with van der Waals surface area (Å²) in [6.45, 7) is 0.276. The average molecular weight is 415 g/mol. The Labute approximate surface area is 154 Å². The molecule has 0 unspecified atom stereocenters. The molecule has 0 saturated heterocycles. The van der Waals surface area contributed by atoms with Gasteiger partial charge in [0.2, 0.25) is 0 Å². The van der Waals surface area contributed by atoms with Crippen molar-refractivity contribution in [1.29, 1.82) is 0 Å². The van der Waals surface area contributed by atoms with E-state index in [4.69, 9.17) is 25.8 Å². The molecular weight excluding hydrogens is 398 g/mol. The molecule has 0 bridgehead atoms. The summed E-state index contributed by atoms with van der Waals surface area (Å²) in [5.41, 5.74) is 0.897. The Morgan fingerprint density at radius 1 is 1.08 bits per heavy atom. The fourth-order valence-corrected chi connectivity index (χ4v) is 2.77. The highest BCUT2D eigenvalue weighted by atomic mass is 79.9. The molecule has 2 rings (SSSR count). The van der Waals surface area contributed by atoms with E-state index in [-0.39, 0.29) is 12.5 Å². The molecule has 0 aromatic heterocycles. The maximum Gasteiger partial charge on any atom is 0.258 e. The minimum absolute atomic E-state index is 0.0898. The lowest BCUT2D eigenvalue weighted by Gasteiger charge is -2.11. The summed E-state index contributed by atoms with van der Waals surface area (Å²) in [6, 6.07) is 10.6. The number of hydrogen-bond acceptors (Lipinski definition) is 4. The Balaban J connectivity index is 1.87. The number of carbonyl (C=O) groups is 1. The number of methoxy groups -OCH3 is 2. The Kier molecular flexibility index (Phi) is 6.75. The second-order valence-corrected chi connectivity index (χ2v) is 6.12. The van der Waals surface area contributed by atoms with Gasteiger partial charge in [0.25, 0.3) is 5.91 Å². The lowest BCUT2D eigenvalue weighted by Crippen LogP contribution is -2.28. The average Bonchev–Trinajstić information content (AvgIpc) is 2.58. The number of rotatable bonds is 7. The van der Waals surface area contributed by atoms with Gasteiger partial charge < -0.3 is 19.5 Å². The van der Waals surface area contributed by atoms with Crippen molar-refractivity contribution >= 4 is 33.4 Å². The molecular formula is C17H17BrClNO4. The van der Waals surface area contributed by atoms with E-state index >= 15 is 0 Å². The fraction of sp³-hybridized carbons (Fsp3) is 0.235. The summed E-state index contributed by atoms with van der Waals surface area (Å²) in [7, 11) is 3.14. The number of nitrogens with one attached hydrogen (secondary N) is 1. The summed E-state index contributed by atoms with van der Waals surface area (Å²) >= 11 is 9.19. The zero-order chi connectivity index (χ0) is 17.5. The highest BCUT2D eigenvalue weighted by Crippen LogP contribution is 2.28. The largest absolute Gasteiger partial charge is 0.493 e. The molecule has 24 heavy (non-hydrogen) atoms. The van der Waals surface area contributed by atoms with Crippen LogP contribution in [0.5, 0.6) is 17.2 Å². The number of amides is 1. The molecule has 0 fully saturated rings. The molecule has 1 N–H and O–H groups in total. The minimum atomic E-state index is -0.230. The summed E-state index contributed by atoms with van der Waals surface area (Å²) in [5, 5.41) is 3.38. The van der Waals surface area contributed by atoms with Gasteiger partial charge in [-0.1, -0.05) is 17.7 Å². The maximum atomic E-state index is 11.9. The summed E-state index contributed by atoms with van der Waals surface area (Å²) in [4.78, 5) is 11.9. The highest BCUT2D eigenvalue weighted by molar-refractivity contribution is 9.10. The van der Waals surface area contributed by atoms with Crippen LogP contribution in [0.25, 0.3) is 0 Å².